The van der Waals surface area contributed by atoms with Crippen molar-refractivity contribution in [2.24, 2.45) is 0 Å². The van der Waals surface area contributed by atoms with E-state index in [0.717, 1.165) is 16.4 Å². The molecule has 0 aliphatic carbocycles. The lowest BCUT2D eigenvalue weighted by Gasteiger charge is -1.79. The van der Waals surface area contributed by atoms with E-state index in [1.165, 1.54) is 0 Å². The average Bonchev–Trinajstić information content (AvgIpc) is 2.16. The molecule has 2 heteroatoms. The van der Waals surface area contributed by atoms with Crippen LogP contribution in [0.25, 0.3) is 0 Å². The summed E-state index contributed by atoms with van der Waals surface area (Å²) in [5.41, 5.74) is 1.10. The molecule has 1 nitrogen and oxygen atoms in total. The van der Waals surface area contributed by atoms with Crippen LogP contribution in [0, 0.1) is 13.8 Å². The molecular weight excluding hydrogens is 144 g/mol. The molecule has 1 rings (SSSR count). The monoisotopic (exact) mass is 158 g/mol. The van der Waals surface area contributed by atoms with Crippen molar-refractivity contribution < 1.29 is 4.42 Å². The van der Waals surface area contributed by atoms with Gasteiger partial charge in [-0.15, -0.1) is 12.6 Å². The van der Waals surface area contributed by atoms with Crippen LogP contribution in [-0.4, -0.2) is 0 Å². The lowest BCUT2D eigenvalue weighted by Crippen LogP contribution is -1.58. The van der Waals surface area contributed by atoms with Gasteiger partial charge in [0.25, 0.3) is 0 Å². The van der Waals surface area contributed by atoms with Crippen LogP contribution >= 0.6 is 12.6 Å². The quantitative estimate of drug-likeness (QED) is 0.572. The first-order valence-corrected chi connectivity index (χ1v) is 3.91. The molecule has 1 heterocycles. The van der Waals surface area contributed by atoms with Gasteiger partial charge in [-0.05, 0) is 19.9 Å². The number of hydrogen-bond donors (Lipinski definition) is 1. The molecule has 0 bridgehead atoms. The minimum absolute atomic E-state index is 0.725. The van der Waals surface area contributed by atoms with Gasteiger partial charge in [-0.2, -0.15) is 0 Å². The predicted octanol–water partition coefficient (Wildman–Crippen LogP) is 3.21. The summed E-state index contributed by atoms with van der Waals surface area (Å²) in [5.74, 6) is 0.924. The molecule has 1 aromatic rings. The predicted molar refractivity (Wildman–Crippen MR) is 46.8 cm³/mol. The fraction of sp³-hybridized carbons (Fsp3) is 0.500. The van der Waals surface area contributed by atoms with Crippen molar-refractivity contribution in [3.8, 4) is 0 Å². The van der Waals surface area contributed by atoms with Gasteiger partial charge in [0, 0.05) is 5.56 Å². The molecule has 58 valence electrons. The van der Waals surface area contributed by atoms with Gasteiger partial charge in [-0.3, -0.25) is 0 Å². The van der Waals surface area contributed by atoms with Crippen molar-refractivity contribution in [3.63, 3.8) is 0 Å². The van der Waals surface area contributed by atoms with E-state index in [0.29, 0.717) is 0 Å². The average molecular weight is 158 g/mol. The summed E-state index contributed by atoms with van der Waals surface area (Å²) in [6.07, 6.45) is 0. The zero-order chi connectivity index (χ0) is 8.15. The summed E-state index contributed by atoms with van der Waals surface area (Å²) in [7, 11) is 0. The second kappa shape index (κ2) is 4.45. The van der Waals surface area contributed by atoms with E-state index in [9.17, 15) is 0 Å². The van der Waals surface area contributed by atoms with E-state index < -0.39 is 0 Å². The maximum absolute atomic E-state index is 5.08. The Kier molecular flexibility index (Phi) is 4.28. The second-order valence-electron chi connectivity index (χ2n) is 1.85. The highest BCUT2D eigenvalue weighted by Crippen LogP contribution is 2.16. The number of thiol groups is 1. The Balaban J connectivity index is 0.000000371. The van der Waals surface area contributed by atoms with Crippen LogP contribution in [-0.2, 0) is 0 Å². The van der Waals surface area contributed by atoms with Crippen molar-refractivity contribution in [1.29, 1.82) is 0 Å². The van der Waals surface area contributed by atoms with Crippen molar-refractivity contribution >= 4 is 12.6 Å². The highest BCUT2D eigenvalue weighted by Gasteiger charge is 1.96. The van der Waals surface area contributed by atoms with Crippen molar-refractivity contribution in [1.82, 2.24) is 0 Å². The second-order valence-corrected chi connectivity index (χ2v) is 2.25. The summed E-state index contributed by atoms with van der Waals surface area (Å²) in [5, 5.41) is 0.725. The molecule has 0 saturated heterocycles. The maximum Gasteiger partial charge on any atom is 0.160 e. The molecule has 0 amide bonds. The molecule has 10 heavy (non-hydrogen) atoms. The van der Waals surface area contributed by atoms with Gasteiger partial charge < -0.3 is 4.42 Å². The molecule has 0 aliphatic rings. The van der Waals surface area contributed by atoms with Crippen LogP contribution in [0.4, 0.5) is 0 Å². The van der Waals surface area contributed by atoms with Gasteiger partial charge in [-0.1, -0.05) is 13.8 Å². The van der Waals surface area contributed by atoms with Crippen LogP contribution in [0.15, 0.2) is 15.6 Å². The lowest BCUT2D eigenvalue weighted by atomic mass is 10.4. The van der Waals surface area contributed by atoms with Crippen molar-refractivity contribution in [2.75, 3.05) is 0 Å². The molecule has 0 aliphatic heterocycles. The SMILES string of the molecule is CC.Cc1cc(C)c(S)o1. The Bertz CT molecular complexity index is 172. The Morgan fingerprint density at radius 3 is 1.90 bits per heavy atom. The first-order chi connectivity index (χ1) is 4.70. The Labute approximate surface area is 67.8 Å². The number of furan rings is 1. The third-order valence-electron chi connectivity index (χ3n) is 1.01. The summed E-state index contributed by atoms with van der Waals surface area (Å²) < 4.78 is 5.08. The van der Waals surface area contributed by atoms with Crippen molar-refractivity contribution in [3.05, 3.63) is 17.4 Å². The highest BCUT2D eigenvalue weighted by molar-refractivity contribution is 7.80. The fourth-order valence-corrected chi connectivity index (χ4v) is 0.838. The zero-order valence-electron chi connectivity index (χ0n) is 6.93. The normalized spacial score (nSPS) is 8.50. The minimum atomic E-state index is 0.725. The van der Waals surface area contributed by atoms with Gasteiger partial charge in [-0.25, -0.2) is 0 Å². The molecule has 0 N–H and O–H groups in total. The third-order valence-corrected chi connectivity index (χ3v) is 1.46. The standard InChI is InChI=1S/C6H8OS.C2H6/c1-4-3-5(2)7-6(4)8;1-2/h3,8H,1-2H3;1-2H3. The first-order valence-electron chi connectivity index (χ1n) is 3.46. The number of rotatable bonds is 0. The molecule has 0 fully saturated rings. The molecule has 0 spiro atoms. The van der Waals surface area contributed by atoms with Gasteiger partial charge in [0.05, 0.1) is 0 Å². The van der Waals surface area contributed by atoms with Gasteiger partial charge in [0.1, 0.15) is 5.76 Å². The highest BCUT2D eigenvalue weighted by atomic mass is 32.1. The van der Waals surface area contributed by atoms with Crippen LogP contribution in [0.3, 0.4) is 0 Å². The van der Waals surface area contributed by atoms with Gasteiger partial charge in [0.2, 0.25) is 0 Å². The zero-order valence-corrected chi connectivity index (χ0v) is 7.83. The summed E-state index contributed by atoms with van der Waals surface area (Å²) in [6, 6.07) is 1.96. The van der Waals surface area contributed by atoms with E-state index in [2.05, 4.69) is 12.6 Å². The van der Waals surface area contributed by atoms with Crippen LogP contribution in [0.5, 0.6) is 0 Å². The topological polar surface area (TPSA) is 13.1 Å². The fourth-order valence-electron chi connectivity index (χ4n) is 0.629. The Morgan fingerprint density at radius 1 is 1.30 bits per heavy atom. The molecule has 0 saturated carbocycles. The molecule has 0 aromatic carbocycles. The van der Waals surface area contributed by atoms with E-state index in [4.69, 9.17) is 4.42 Å². The van der Waals surface area contributed by atoms with E-state index in [1.54, 1.807) is 0 Å². The molecule has 0 radical (unpaired) electrons. The maximum atomic E-state index is 5.08. The smallest absolute Gasteiger partial charge is 0.160 e. The van der Waals surface area contributed by atoms with Crippen LogP contribution in [0.1, 0.15) is 25.2 Å². The number of hydrogen-bond acceptors (Lipinski definition) is 2. The summed E-state index contributed by atoms with van der Waals surface area (Å²) in [4.78, 5) is 0. The minimum Gasteiger partial charge on any atom is -0.455 e. The third kappa shape index (κ3) is 2.48. The van der Waals surface area contributed by atoms with Crippen LogP contribution in [0.2, 0.25) is 0 Å². The first kappa shape index (κ1) is 9.63. The van der Waals surface area contributed by atoms with Gasteiger partial charge >= 0.3 is 0 Å². The van der Waals surface area contributed by atoms with Crippen molar-refractivity contribution in [2.45, 2.75) is 32.8 Å². The molecule has 1 aromatic heterocycles. The molecular formula is C8H14OS. The summed E-state index contributed by atoms with van der Waals surface area (Å²) in [6.45, 7) is 7.88. The Hall–Kier alpha value is -0.370. The molecule has 0 atom stereocenters. The summed E-state index contributed by atoms with van der Waals surface area (Å²) >= 11 is 4.05. The van der Waals surface area contributed by atoms with E-state index >= 15 is 0 Å². The number of aryl methyl sites for hydroxylation is 2. The largest absolute Gasteiger partial charge is 0.455 e. The van der Waals surface area contributed by atoms with E-state index in [-0.39, 0.29) is 0 Å². The Morgan fingerprint density at radius 2 is 1.80 bits per heavy atom. The van der Waals surface area contributed by atoms with Gasteiger partial charge in [0.15, 0.2) is 5.09 Å². The van der Waals surface area contributed by atoms with E-state index in [1.807, 2.05) is 33.8 Å². The lowest BCUT2D eigenvalue weighted by molar-refractivity contribution is 0.447. The molecule has 0 unspecified atom stereocenters. The van der Waals surface area contributed by atoms with Crippen LogP contribution < -0.4 is 0 Å².